The van der Waals surface area contributed by atoms with Gasteiger partial charge in [-0.05, 0) is 49.1 Å². The zero-order valence-corrected chi connectivity index (χ0v) is 18.2. The maximum atomic E-state index is 14.6. The third kappa shape index (κ3) is 4.37. The number of fused-ring (bicyclic) bond motifs is 3. The van der Waals surface area contributed by atoms with Crippen LogP contribution < -0.4 is 0 Å². The SMILES string of the molecule is O=C(N=S1(=O)CC2CC(CN(C(=O)CCCC3CC3)C2)C1)c1nc2ccccn2c1F. The molecule has 166 valence electrons. The molecule has 4 heterocycles. The zero-order valence-electron chi connectivity index (χ0n) is 17.4. The van der Waals surface area contributed by atoms with Crippen LogP contribution in [0.5, 0.6) is 0 Å². The van der Waals surface area contributed by atoms with Crippen molar-refractivity contribution >= 4 is 27.2 Å². The molecule has 2 aliphatic heterocycles. The second kappa shape index (κ2) is 8.00. The molecule has 0 N–H and O–H groups in total. The molecule has 3 aliphatic rings. The van der Waals surface area contributed by atoms with Crippen LogP contribution in [-0.2, 0) is 14.5 Å². The fourth-order valence-electron chi connectivity index (χ4n) is 5.05. The number of carbonyl (C=O) groups excluding carboxylic acids is 2. The third-order valence-corrected chi connectivity index (χ3v) is 9.08. The summed E-state index contributed by atoms with van der Waals surface area (Å²) >= 11 is 0. The molecular weight excluding hydrogens is 419 g/mol. The molecule has 3 fully saturated rings. The van der Waals surface area contributed by atoms with Crippen molar-refractivity contribution < 1.29 is 18.2 Å². The van der Waals surface area contributed by atoms with E-state index in [2.05, 4.69) is 9.35 Å². The largest absolute Gasteiger partial charge is 0.342 e. The second-order valence-corrected chi connectivity index (χ2v) is 11.7. The number of rotatable bonds is 5. The van der Waals surface area contributed by atoms with E-state index in [0.717, 1.165) is 25.2 Å². The number of carbonyl (C=O) groups is 2. The van der Waals surface area contributed by atoms with Gasteiger partial charge in [-0.3, -0.25) is 14.0 Å². The number of halogens is 1. The maximum Gasteiger partial charge on any atom is 0.308 e. The highest BCUT2D eigenvalue weighted by Crippen LogP contribution is 2.35. The Bertz CT molecular complexity index is 1130. The van der Waals surface area contributed by atoms with E-state index in [9.17, 15) is 18.2 Å². The highest BCUT2D eigenvalue weighted by atomic mass is 32.2. The summed E-state index contributed by atoms with van der Waals surface area (Å²) < 4.78 is 33.1. The lowest BCUT2D eigenvalue weighted by Crippen LogP contribution is -2.50. The van der Waals surface area contributed by atoms with Gasteiger partial charge in [0, 0.05) is 37.2 Å². The standard InChI is InChI=1S/C22H27FN4O3S/c23-21-20(24-18-5-1-2-9-27(18)21)22(29)25-31(30)13-16-10-17(14-31)12-26(11-16)19(28)6-3-4-15-7-8-15/h1-2,5,9,15-17H,3-4,6-8,10-14H2. The van der Waals surface area contributed by atoms with Gasteiger partial charge in [-0.2, -0.15) is 8.75 Å². The average molecular weight is 447 g/mol. The van der Waals surface area contributed by atoms with E-state index < -0.39 is 27.3 Å². The van der Waals surface area contributed by atoms with Crippen molar-refractivity contribution in [1.82, 2.24) is 14.3 Å². The lowest BCUT2D eigenvalue weighted by Gasteiger charge is -2.42. The molecule has 2 amide bonds. The fourth-order valence-corrected chi connectivity index (χ4v) is 7.68. The van der Waals surface area contributed by atoms with Crippen molar-refractivity contribution in [3.63, 3.8) is 0 Å². The van der Waals surface area contributed by atoms with Gasteiger partial charge in [0.1, 0.15) is 5.65 Å². The summed E-state index contributed by atoms with van der Waals surface area (Å²) in [6.45, 7) is 1.14. The van der Waals surface area contributed by atoms with Gasteiger partial charge in [-0.1, -0.05) is 18.9 Å². The number of pyridine rings is 1. The smallest absolute Gasteiger partial charge is 0.308 e. The van der Waals surface area contributed by atoms with Crippen LogP contribution in [0.4, 0.5) is 4.39 Å². The van der Waals surface area contributed by atoms with Crippen molar-refractivity contribution in [2.45, 2.75) is 38.5 Å². The van der Waals surface area contributed by atoms with Crippen LogP contribution in [0.25, 0.3) is 5.65 Å². The van der Waals surface area contributed by atoms with Crippen molar-refractivity contribution in [3.05, 3.63) is 36.0 Å². The van der Waals surface area contributed by atoms with Crippen molar-refractivity contribution in [2.24, 2.45) is 22.1 Å². The number of hydrogen-bond acceptors (Lipinski definition) is 4. The topological polar surface area (TPSA) is 84.1 Å². The van der Waals surface area contributed by atoms with Crippen LogP contribution in [0.1, 0.15) is 49.0 Å². The maximum absolute atomic E-state index is 14.6. The number of likely N-dealkylation sites (tertiary alicyclic amines) is 1. The molecule has 1 saturated carbocycles. The Labute approximate surface area is 181 Å². The van der Waals surface area contributed by atoms with Gasteiger partial charge < -0.3 is 4.90 Å². The van der Waals surface area contributed by atoms with Crippen molar-refractivity contribution in [2.75, 3.05) is 24.6 Å². The van der Waals surface area contributed by atoms with Crippen molar-refractivity contribution in [1.29, 1.82) is 0 Å². The highest BCUT2D eigenvalue weighted by Gasteiger charge is 2.39. The molecule has 9 heteroatoms. The normalized spacial score (nSPS) is 28.0. The van der Waals surface area contributed by atoms with E-state index in [-0.39, 0.29) is 29.2 Å². The van der Waals surface area contributed by atoms with Gasteiger partial charge in [-0.25, -0.2) is 9.19 Å². The van der Waals surface area contributed by atoms with E-state index in [0.29, 0.717) is 25.2 Å². The lowest BCUT2D eigenvalue weighted by molar-refractivity contribution is -0.134. The molecule has 2 saturated heterocycles. The molecule has 0 spiro atoms. The predicted molar refractivity (Wildman–Crippen MR) is 115 cm³/mol. The van der Waals surface area contributed by atoms with Gasteiger partial charge in [-0.15, -0.1) is 0 Å². The first kappa shape index (κ1) is 20.6. The molecule has 5 rings (SSSR count). The zero-order chi connectivity index (χ0) is 21.6. The van der Waals surface area contributed by atoms with E-state index in [1.165, 1.54) is 23.4 Å². The Kier molecular flexibility index (Phi) is 5.32. The first-order valence-electron chi connectivity index (χ1n) is 11.1. The first-order chi connectivity index (χ1) is 14.9. The first-order valence-corrected chi connectivity index (χ1v) is 12.9. The lowest BCUT2D eigenvalue weighted by atomic mass is 9.90. The number of piperidine rings is 1. The minimum Gasteiger partial charge on any atom is -0.342 e. The van der Waals surface area contributed by atoms with E-state index in [1.54, 1.807) is 18.2 Å². The Balaban J connectivity index is 1.27. The molecule has 2 aromatic rings. The Morgan fingerprint density at radius 1 is 1.19 bits per heavy atom. The Hall–Kier alpha value is -2.29. The molecule has 2 atom stereocenters. The summed E-state index contributed by atoms with van der Waals surface area (Å²) in [4.78, 5) is 31.2. The predicted octanol–water partition coefficient (Wildman–Crippen LogP) is 3.14. The summed E-state index contributed by atoms with van der Waals surface area (Å²) in [7, 11) is -2.80. The molecule has 2 bridgehead atoms. The molecular formula is C22H27FN4O3S. The minimum atomic E-state index is -2.80. The fraction of sp³-hybridized carbons (Fsp3) is 0.591. The molecule has 2 aromatic heterocycles. The van der Waals surface area contributed by atoms with Gasteiger partial charge in [0.25, 0.3) is 0 Å². The van der Waals surface area contributed by atoms with Crippen LogP contribution in [0, 0.1) is 23.7 Å². The van der Waals surface area contributed by atoms with E-state index in [1.807, 2.05) is 4.90 Å². The Morgan fingerprint density at radius 2 is 1.94 bits per heavy atom. The minimum absolute atomic E-state index is 0.0647. The number of hydrogen-bond donors (Lipinski definition) is 0. The third-order valence-electron chi connectivity index (χ3n) is 6.59. The summed E-state index contributed by atoms with van der Waals surface area (Å²) in [5.41, 5.74) is -0.0815. The molecule has 0 aromatic carbocycles. The van der Waals surface area contributed by atoms with Crippen LogP contribution in [0.15, 0.2) is 28.8 Å². The number of aromatic nitrogens is 2. The Morgan fingerprint density at radius 3 is 2.61 bits per heavy atom. The summed E-state index contributed by atoms with van der Waals surface area (Å²) in [6.07, 6.45) is 7.66. The number of nitrogens with zero attached hydrogens (tertiary/aromatic N) is 4. The highest BCUT2D eigenvalue weighted by molar-refractivity contribution is 7.94. The summed E-state index contributed by atoms with van der Waals surface area (Å²) in [5.74, 6) is 0.0421. The van der Waals surface area contributed by atoms with Crippen LogP contribution >= 0.6 is 0 Å². The van der Waals surface area contributed by atoms with Gasteiger partial charge in [0.15, 0.2) is 5.69 Å². The quantitative estimate of drug-likeness (QED) is 0.706. The molecule has 2 unspecified atom stereocenters. The summed E-state index contributed by atoms with van der Waals surface area (Å²) in [6, 6.07) is 4.95. The van der Waals surface area contributed by atoms with Crippen LogP contribution in [-0.4, -0.2) is 54.9 Å². The van der Waals surface area contributed by atoms with E-state index in [4.69, 9.17) is 0 Å². The molecule has 31 heavy (non-hydrogen) atoms. The van der Waals surface area contributed by atoms with Crippen LogP contribution in [0.2, 0.25) is 0 Å². The number of amides is 2. The monoisotopic (exact) mass is 446 g/mol. The van der Waals surface area contributed by atoms with Gasteiger partial charge in [0.05, 0.1) is 9.73 Å². The van der Waals surface area contributed by atoms with Crippen LogP contribution in [0.3, 0.4) is 0 Å². The molecule has 7 nitrogen and oxygen atoms in total. The average Bonchev–Trinajstić information content (AvgIpc) is 3.48. The van der Waals surface area contributed by atoms with Crippen molar-refractivity contribution in [3.8, 4) is 0 Å². The van der Waals surface area contributed by atoms with Gasteiger partial charge in [0.2, 0.25) is 11.9 Å². The second-order valence-electron chi connectivity index (χ2n) is 9.28. The molecule has 0 radical (unpaired) electrons. The van der Waals surface area contributed by atoms with Gasteiger partial charge >= 0.3 is 5.91 Å². The molecule has 1 aliphatic carbocycles. The number of imidazole rings is 1. The van der Waals surface area contributed by atoms with E-state index >= 15 is 0 Å². The summed E-state index contributed by atoms with van der Waals surface area (Å²) in [5, 5.41) is 0.